The topological polar surface area (TPSA) is 61.4 Å². The number of amides is 3. The second-order valence-corrected chi connectivity index (χ2v) is 6.72. The standard InChI is InChI=1S/C16H20F3N3O2/c1-15(2,3)22-9-10(8-13(22)23)20-14(24)21-12-7-5-4-6-11(12)16(17,18)19/h4-7,10H,8-9H2,1-3H3,(H2,20,21,24). The van der Waals surface area contributed by atoms with Gasteiger partial charge in [-0.15, -0.1) is 0 Å². The van der Waals surface area contributed by atoms with Gasteiger partial charge in [0.15, 0.2) is 0 Å². The predicted molar refractivity (Wildman–Crippen MR) is 83.5 cm³/mol. The quantitative estimate of drug-likeness (QED) is 0.866. The lowest BCUT2D eigenvalue weighted by Crippen LogP contribution is -2.45. The number of rotatable bonds is 2. The molecular formula is C16H20F3N3O2. The number of nitrogens with zero attached hydrogens (tertiary/aromatic N) is 1. The van der Waals surface area contributed by atoms with Gasteiger partial charge < -0.3 is 15.5 Å². The summed E-state index contributed by atoms with van der Waals surface area (Å²) >= 11 is 0. The number of halogens is 3. The van der Waals surface area contributed by atoms with Crippen LogP contribution in [0.2, 0.25) is 0 Å². The Bertz CT molecular complexity index is 638. The zero-order valence-corrected chi connectivity index (χ0v) is 13.7. The van der Waals surface area contributed by atoms with Crippen LogP contribution in [-0.4, -0.2) is 35.0 Å². The molecule has 24 heavy (non-hydrogen) atoms. The minimum absolute atomic E-state index is 0.0940. The number of carbonyl (C=O) groups is 2. The molecule has 2 N–H and O–H groups in total. The summed E-state index contributed by atoms with van der Waals surface area (Å²) in [6, 6.07) is 3.54. The maximum absolute atomic E-state index is 12.9. The zero-order chi connectivity index (χ0) is 18.1. The number of anilines is 1. The van der Waals surface area contributed by atoms with E-state index in [0.29, 0.717) is 6.54 Å². The third kappa shape index (κ3) is 4.18. The van der Waals surface area contributed by atoms with E-state index in [1.165, 1.54) is 18.2 Å². The first-order valence-corrected chi connectivity index (χ1v) is 7.52. The molecule has 5 nitrogen and oxygen atoms in total. The van der Waals surface area contributed by atoms with Gasteiger partial charge in [-0.25, -0.2) is 4.79 Å². The Morgan fingerprint density at radius 1 is 1.21 bits per heavy atom. The van der Waals surface area contributed by atoms with Crippen molar-refractivity contribution < 1.29 is 22.8 Å². The SMILES string of the molecule is CC(C)(C)N1CC(NC(=O)Nc2ccccc2C(F)(F)F)CC1=O. The molecule has 1 unspecified atom stereocenters. The lowest BCUT2D eigenvalue weighted by atomic mass is 10.1. The van der Waals surface area contributed by atoms with Gasteiger partial charge in [0.2, 0.25) is 5.91 Å². The Morgan fingerprint density at radius 2 is 1.83 bits per heavy atom. The summed E-state index contributed by atoms with van der Waals surface area (Å²) in [6.07, 6.45) is -4.43. The van der Waals surface area contributed by atoms with E-state index in [1.54, 1.807) is 4.90 Å². The van der Waals surface area contributed by atoms with Crippen molar-refractivity contribution in [1.29, 1.82) is 0 Å². The van der Waals surface area contributed by atoms with Crippen LogP contribution in [-0.2, 0) is 11.0 Å². The second kappa shape index (κ2) is 6.33. The highest BCUT2D eigenvalue weighted by Crippen LogP contribution is 2.34. The minimum atomic E-state index is -4.56. The molecule has 0 radical (unpaired) electrons. The van der Waals surface area contributed by atoms with Gasteiger partial charge in [-0.05, 0) is 32.9 Å². The molecular weight excluding hydrogens is 323 g/mol. The van der Waals surface area contributed by atoms with Crippen LogP contribution < -0.4 is 10.6 Å². The van der Waals surface area contributed by atoms with Crippen molar-refractivity contribution in [3.63, 3.8) is 0 Å². The number of nitrogens with one attached hydrogen (secondary N) is 2. The molecule has 1 aromatic rings. The van der Waals surface area contributed by atoms with E-state index in [-0.39, 0.29) is 23.6 Å². The number of hydrogen-bond donors (Lipinski definition) is 2. The predicted octanol–water partition coefficient (Wildman–Crippen LogP) is 3.23. The Kier molecular flexibility index (Phi) is 4.77. The Balaban J connectivity index is 2.02. The van der Waals surface area contributed by atoms with Gasteiger partial charge in [-0.3, -0.25) is 4.79 Å². The van der Waals surface area contributed by atoms with Crippen molar-refractivity contribution in [2.45, 2.75) is 44.9 Å². The van der Waals surface area contributed by atoms with Crippen LogP contribution in [0.5, 0.6) is 0 Å². The van der Waals surface area contributed by atoms with E-state index >= 15 is 0 Å². The van der Waals surface area contributed by atoms with Crippen molar-refractivity contribution in [3.8, 4) is 0 Å². The minimum Gasteiger partial charge on any atom is -0.336 e. The van der Waals surface area contributed by atoms with Gasteiger partial charge in [-0.1, -0.05) is 12.1 Å². The summed E-state index contributed by atoms with van der Waals surface area (Å²) in [5.74, 6) is -0.0940. The van der Waals surface area contributed by atoms with Crippen LogP contribution >= 0.6 is 0 Å². The van der Waals surface area contributed by atoms with E-state index < -0.39 is 23.8 Å². The molecule has 3 amide bonds. The van der Waals surface area contributed by atoms with E-state index in [4.69, 9.17) is 0 Å². The summed E-state index contributed by atoms with van der Waals surface area (Å²) in [7, 11) is 0. The number of likely N-dealkylation sites (tertiary alicyclic amines) is 1. The zero-order valence-electron chi connectivity index (χ0n) is 13.7. The fraction of sp³-hybridized carbons (Fsp3) is 0.500. The molecule has 1 heterocycles. The second-order valence-electron chi connectivity index (χ2n) is 6.72. The summed E-state index contributed by atoms with van der Waals surface area (Å²) in [5, 5.41) is 4.77. The van der Waals surface area contributed by atoms with Crippen LogP contribution in [0, 0.1) is 0 Å². The third-order valence-corrected chi connectivity index (χ3v) is 3.75. The summed E-state index contributed by atoms with van der Waals surface area (Å²) in [4.78, 5) is 25.6. The molecule has 1 aliphatic rings. The maximum Gasteiger partial charge on any atom is 0.418 e. The van der Waals surface area contributed by atoms with E-state index in [0.717, 1.165) is 6.07 Å². The van der Waals surface area contributed by atoms with Gasteiger partial charge in [0.05, 0.1) is 17.3 Å². The molecule has 0 saturated carbocycles. The Morgan fingerprint density at radius 3 is 2.38 bits per heavy atom. The molecule has 1 fully saturated rings. The van der Waals surface area contributed by atoms with E-state index in [1.807, 2.05) is 20.8 Å². The lowest BCUT2D eigenvalue weighted by Gasteiger charge is -2.32. The molecule has 0 spiro atoms. The monoisotopic (exact) mass is 343 g/mol. The molecule has 0 aliphatic carbocycles. The highest BCUT2D eigenvalue weighted by Gasteiger charge is 2.37. The molecule has 1 saturated heterocycles. The van der Waals surface area contributed by atoms with Gasteiger partial charge in [0, 0.05) is 18.5 Å². The number of carbonyl (C=O) groups excluding carboxylic acids is 2. The van der Waals surface area contributed by atoms with Crippen LogP contribution in [0.15, 0.2) is 24.3 Å². The maximum atomic E-state index is 12.9. The van der Waals surface area contributed by atoms with Crippen LogP contribution in [0.25, 0.3) is 0 Å². The first-order chi connectivity index (χ1) is 11.0. The average molecular weight is 343 g/mol. The van der Waals surface area contributed by atoms with Gasteiger partial charge >= 0.3 is 12.2 Å². The molecule has 1 aromatic carbocycles. The van der Waals surface area contributed by atoms with Crippen molar-refractivity contribution in [1.82, 2.24) is 10.2 Å². The number of benzene rings is 1. The third-order valence-electron chi connectivity index (χ3n) is 3.75. The normalized spacial score (nSPS) is 18.7. The number of alkyl halides is 3. The van der Waals surface area contributed by atoms with Crippen LogP contribution in [0.1, 0.15) is 32.8 Å². The number of para-hydroxylation sites is 1. The fourth-order valence-electron chi connectivity index (χ4n) is 2.64. The Hall–Kier alpha value is -2.25. The fourth-order valence-corrected chi connectivity index (χ4v) is 2.64. The largest absolute Gasteiger partial charge is 0.418 e. The first kappa shape index (κ1) is 18.1. The molecule has 2 rings (SSSR count). The van der Waals surface area contributed by atoms with E-state index in [2.05, 4.69) is 10.6 Å². The number of urea groups is 1. The van der Waals surface area contributed by atoms with Gasteiger partial charge in [0.25, 0.3) is 0 Å². The van der Waals surface area contributed by atoms with Crippen molar-refractivity contribution in [3.05, 3.63) is 29.8 Å². The van der Waals surface area contributed by atoms with Crippen molar-refractivity contribution in [2.75, 3.05) is 11.9 Å². The van der Waals surface area contributed by atoms with Crippen molar-refractivity contribution >= 4 is 17.6 Å². The van der Waals surface area contributed by atoms with Gasteiger partial charge in [-0.2, -0.15) is 13.2 Å². The molecule has 1 atom stereocenters. The van der Waals surface area contributed by atoms with Crippen LogP contribution in [0.3, 0.4) is 0 Å². The highest BCUT2D eigenvalue weighted by atomic mass is 19.4. The number of hydrogen-bond acceptors (Lipinski definition) is 2. The average Bonchev–Trinajstić information content (AvgIpc) is 2.78. The summed E-state index contributed by atoms with van der Waals surface area (Å²) < 4.78 is 38.7. The molecule has 132 valence electrons. The smallest absolute Gasteiger partial charge is 0.336 e. The summed E-state index contributed by atoms with van der Waals surface area (Å²) in [5.41, 5.74) is -1.61. The first-order valence-electron chi connectivity index (χ1n) is 7.52. The molecule has 0 aromatic heterocycles. The van der Waals surface area contributed by atoms with Crippen molar-refractivity contribution in [2.24, 2.45) is 0 Å². The molecule has 8 heteroatoms. The summed E-state index contributed by atoms with van der Waals surface area (Å²) in [6.45, 7) is 5.98. The molecule has 1 aliphatic heterocycles. The Labute approximate surface area is 138 Å². The lowest BCUT2D eigenvalue weighted by molar-refractivity contribution is -0.137. The van der Waals surface area contributed by atoms with Crippen LogP contribution in [0.4, 0.5) is 23.7 Å². The van der Waals surface area contributed by atoms with Gasteiger partial charge in [0.1, 0.15) is 0 Å². The highest BCUT2D eigenvalue weighted by molar-refractivity contribution is 5.91. The molecule has 0 bridgehead atoms. The van der Waals surface area contributed by atoms with E-state index in [9.17, 15) is 22.8 Å².